The van der Waals surface area contributed by atoms with E-state index in [0.29, 0.717) is 22.9 Å². The molecule has 0 saturated heterocycles. The number of rotatable bonds is 4. The number of hydrogen-bond donors (Lipinski definition) is 1. The number of halogens is 1. The van der Waals surface area contributed by atoms with E-state index in [1.165, 1.54) is 0 Å². The molecule has 4 nitrogen and oxygen atoms in total. The highest BCUT2D eigenvalue weighted by molar-refractivity contribution is 6.31. The molecule has 0 spiro atoms. The summed E-state index contributed by atoms with van der Waals surface area (Å²) in [6.07, 6.45) is 1.54. The van der Waals surface area contributed by atoms with Gasteiger partial charge < -0.3 is 10.1 Å². The van der Waals surface area contributed by atoms with Gasteiger partial charge >= 0.3 is 5.97 Å². The number of esters is 1. The molecule has 0 aliphatic heterocycles. The number of pyridine rings is 1. The molecule has 0 atom stereocenters. The van der Waals surface area contributed by atoms with Crippen LogP contribution in [-0.4, -0.2) is 17.6 Å². The molecule has 1 aromatic heterocycles. The van der Waals surface area contributed by atoms with Gasteiger partial charge in [-0.15, -0.1) is 0 Å². The topological polar surface area (TPSA) is 51.2 Å². The number of hydrogen-bond acceptors (Lipinski definition) is 4. The number of fused-ring (bicyclic) bond motifs is 2. The lowest BCUT2D eigenvalue weighted by Gasteiger charge is -2.16. The monoisotopic (exact) mass is 376 g/mol. The molecule has 4 aromatic rings. The second kappa shape index (κ2) is 7.25. The summed E-state index contributed by atoms with van der Waals surface area (Å²) in [5.74, 6) is -0.422. The Balaban J connectivity index is 1.93. The zero-order chi connectivity index (χ0) is 18.8. The maximum Gasteiger partial charge on any atom is 0.341 e. The van der Waals surface area contributed by atoms with E-state index in [2.05, 4.69) is 10.3 Å². The summed E-state index contributed by atoms with van der Waals surface area (Å²) in [5.41, 5.74) is 2.65. The molecule has 1 heterocycles. The second-order valence-corrected chi connectivity index (χ2v) is 6.52. The van der Waals surface area contributed by atoms with Crippen molar-refractivity contribution in [3.8, 4) is 0 Å². The van der Waals surface area contributed by atoms with Gasteiger partial charge in [0.25, 0.3) is 0 Å². The van der Waals surface area contributed by atoms with E-state index in [4.69, 9.17) is 16.3 Å². The van der Waals surface area contributed by atoms with Crippen LogP contribution < -0.4 is 5.32 Å². The molecule has 0 bridgehead atoms. The maximum atomic E-state index is 12.5. The summed E-state index contributed by atoms with van der Waals surface area (Å²) in [5, 5.41) is 6.93. The first kappa shape index (κ1) is 17.3. The molecule has 0 unspecified atom stereocenters. The number of anilines is 2. The zero-order valence-corrected chi connectivity index (χ0v) is 15.5. The molecule has 0 amide bonds. The van der Waals surface area contributed by atoms with Crippen LogP contribution in [0.5, 0.6) is 0 Å². The lowest BCUT2D eigenvalue weighted by atomic mass is 10.1. The SMILES string of the molecule is CCOC(=O)c1cnc2ccc(Cl)cc2c1Nc1cccc2ccccc12. The average Bonchev–Trinajstić information content (AvgIpc) is 2.69. The molecule has 1 N–H and O–H groups in total. The fourth-order valence-corrected chi connectivity index (χ4v) is 3.30. The molecule has 27 heavy (non-hydrogen) atoms. The van der Waals surface area contributed by atoms with Crippen LogP contribution in [0.25, 0.3) is 21.7 Å². The van der Waals surface area contributed by atoms with Gasteiger partial charge in [0.05, 0.1) is 17.8 Å². The van der Waals surface area contributed by atoms with Crippen LogP contribution in [-0.2, 0) is 4.74 Å². The van der Waals surface area contributed by atoms with Gasteiger partial charge in [-0.3, -0.25) is 4.98 Å². The molecular weight excluding hydrogens is 360 g/mol. The molecule has 0 radical (unpaired) electrons. The number of nitrogens with zero attached hydrogens (tertiary/aromatic N) is 1. The van der Waals surface area contributed by atoms with Crippen molar-refractivity contribution < 1.29 is 9.53 Å². The molecule has 0 saturated carbocycles. The molecule has 4 rings (SSSR count). The van der Waals surface area contributed by atoms with Crippen molar-refractivity contribution in [2.75, 3.05) is 11.9 Å². The highest BCUT2D eigenvalue weighted by Gasteiger charge is 2.18. The first-order chi connectivity index (χ1) is 13.2. The fourth-order valence-electron chi connectivity index (χ4n) is 3.13. The van der Waals surface area contributed by atoms with Crippen LogP contribution in [0.3, 0.4) is 0 Å². The van der Waals surface area contributed by atoms with Crippen LogP contribution in [0.15, 0.2) is 66.9 Å². The van der Waals surface area contributed by atoms with Crippen molar-refractivity contribution in [1.29, 1.82) is 0 Å². The summed E-state index contributed by atoms with van der Waals surface area (Å²) in [6.45, 7) is 2.07. The molecule has 0 fully saturated rings. The predicted octanol–water partition coefficient (Wildman–Crippen LogP) is 5.96. The predicted molar refractivity (Wildman–Crippen MR) is 110 cm³/mol. The standard InChI is InChI=1S/C22H17ClN2O2/c1-2-27-22(26)18-13-24-19-11-10-15(23)12-17(19)21(18)25-20-9-5-7-14-6-3-4-8-16(14)20/h3-13H,2H2,1H3,(H,24,25). The first-order valence-corrected chi connectivity index (χ1v) is 9.05. The minimum atomic E-state index is -0.422. The summed E-state index contributed by atoms with van der Waals surface area (Å²) in [4.78, 5) is 16.9. The maximum absolute atomic E-state index is 12.5. The summed E-state index contributed by atoms with van der Waals surface area (Å²) in [6, 6.07) is 19.5. The largest absolute Gasteiger partial charge is 0.462 e. The van der Waals surface area contributed by atoms with Crippen molar-refractivity contribution >= 4 is 50.6 Å². The van der Waals surface area contributed by atoms with Crippen LogP contribution in [0.4, 0.5) is 11.4 Å². The smallest absolute Gasteiger partial charge is 0.341 e. The van der Waals surface area contributed by atoms with Crippen LogP contribution >= 0.6 is 11.6 Å². The van der Waals surface area contributed by atoms with Crippen LogP contribution in [0.2, 0.25) is 5.02 Å². The third kappa shape index (κ3) is 3.32. The van der Waals surface area contributed by atoms with Gasteiger partial charge in [0, 0.05) is 27.7 Å². The molecule has 3 aromatic carbocycles. The van der Waals surface area contributed by atoms with Crippen molar-refractivity contribution in [3.63, 3.8) is 0 Å². The number of ether oxygens (including phenoxy) is 1. The Labute approximate surface area is 161 Å². The van der Waals surface area contributed by atoms with E-state index in [1.54, 1.807) is 25.3 Å². The quantitative estimate of drug-likeness (QED) is 0.446. The average molecular weight is 377 g/mol. The van der Waals surface area contributed by atoms with Gasteiger partial charge in [-0.25, -0.2) is 4.79 Å². The Morgan fingerprint density at radius 3 is 2.74 bits per heavy atom. The van der Waals surface area contributed by atoms with Gasteiger partial charge in [-0.2, -0.15) is 0 Å². The highest BCUT2D eigenvalue weighted by Crippen LogP contribution is 2.34. The number of benzene rings is 3. The van der Waals surface area contributed by atoms with Crippen molar-refractivity contribution in [2.24, 2.45) is 0 Å². The number of nitrogens with one attached hydrogen (secondary N) is 1. The third-order valence-electron chi connectivity index (χ3n) is 4.37. The Morgan fingerprint density at radius 1 is 1.07 bits per heavy atom. The summed E-state index contributed by atoms with van der Waals surface area (Å²) >= 11 is 6.21. The lowest BCUT2D eigenvalue weighted by molar-refractivity contribution is 0.0527. The second-order valence-electron chi connectivity index (χ2n) is 6.08. The van der Waals surface area contributed by atoms with Crippen molar-refractivity contribution in [1.82, 2.24) is 4.98 Å². The van der Waals surface area contributed by atoms with E-state index < -0.39 is 5.97 Å². The molecule has 0 aliphatic carbocycles. The van der Waals surface area contributed by atoms with Gasteiger partial charge in [0.1, 0.15) is 5.56 Å². The third-order valence-corrected chi connectivity index (χ3v) is 4.61. The normalized spacial score (nSPS) is 10.9. The Morgan fingerprint density at radius 2 is 1.89 bits per heavy atom. The minimum absolute atomic E-state index is 0.292. The van der Waals surface area contributed by atoms with E-state index in [-0.39, 0.29) is 0 Å². The minimum Gasteiger partial charge on any atom is -0.462 e. The fraction of sp³-hybridized carbons (Fsp3) is 0.0909. The van der Waals surface area contributed by atoms with Crippen molar-refractivity contribution in [2.45, 2.75) is 6.92 Å². The Hall–Kier alpha value is -3.11. The lowest BCUT2D eigenvalue weighted by Crippen LogP contribution is -2.09. The van der Waals surface area contributed by atoms with Gasteiger partial charge in [-0.1, -0.05) is 48.0 Å². The molecule has 5 heteroatoms. The van der Waals surface area contributed by atoms with Crippen LogP contribution in [0.1, 0.15) is 17.3 Å². The molecular formula is C22H17ClN2O2. The zero-order valence-electron chi connectivity index (χ0n) is 14.7. The van der Waals surface area contributed by atoms with E-state index in [1.807, 2.05) is 48.5 Å². The Bertz CT molecular complexity index is 1150. The van der Waals surface area contributed by atoms with Crippen LogP contribution in [0, 0.1) is 0 Å². The van der Waals surface area contributed by atoms with E-state index >= 15 is 0 Å². The summed E-state index contributed by atoms with van der Waals surface area (Å²) in [7, 11) is 0. The van der Waals surface area contributed by atoms with Gasteiger partial charge in [0.15, 0.2) is 0 Å². The molecule has 0 aliphatic rings. The molecule has 134 valence electrons. The van der Waals surface area contributed by atoms with Gasteiger partial charge in [-0.05, 0) is 36.6 Å². The van der Waals surface area contributed by atoms with Crippen molar-refractivity contribution in [3.05, 3.63) is 77.4 Å². The van der Waals surface area contributed by atoms with E-state index in [0.717, 1.165) is 27.4 Å². The highest BCUT2D eigenvalue weighted by atomic mass is 35.5. The summed E-state index contributed by atoms with van der Waals surface area (Å²) < 4.78 is 5.22. The number of carbonyl (C=O) groups excluding carboxylic acids is 1. The number of carbonyl (C=O) groups is 1. The van der Waals surface area contributed by atoms with Gasteiger partial charge in [0.2, 0.25) is 0 Å². The van der Waals surface area contributed by atoms with E-state index in [9.17, 15) is 4.79 Å². The Kier molecular flexibility index (Phi) is 4.65. The number of aromatic nitrogens is 1. The first-order valence-electron chi connectivity index (χ1n) is 8.67.